The smallest absolute Gasteiger partial charge is 0.111 e. The van der Waals surface area contributed by atoms with Crippen molar-refractivity contribution < 1.29 is 0 Å². The van der Waals surface area contributed by atoms with Gasteiger partial charge in [-0.25, -0.2) is 4.98 Å². The van der Waals surface area contributed by atoms with Crippen molar-refractivity contribution in [2.45, 2.75) is 13.3 Å². The fourth-order valence-electron chi connectivity index (χ4n) is 2.14. The Morgan fingerprint density at radius 3 is 2.61 bits per heavy atom. The summed E-state index contributed by atoms with van der Waals surface area (Å²) in [5.41, 5.74) is 11.0. The van der Waals surface area contributed by atoms with Gasteiger partial charge in [0, 0.05) is 12.1 Å². The highest BCUT2D eigenvalue weighted by molar-refractivity contribution is 5.78. The molecule has 3 nitrogen and oxygen atoms in total. The van der Waals surface area contributed by atoms with Gasteiger partial charge in [0.1, 0.15) is 5.82 Å². The molecule has 0 radical (unpaired) electrons. The molecule has 0 fully saturated rings. The van der Waals surface area contributed by atoms with Crippen molar-refractivity contribution in [1.82, 2.24) is 9.97 Å². The number of H-pyrrole nitrogens is 1. The number of nitrogen functional groups attached to an aromatic ring is 1. The number of aromatic amines is 1. The monoisotopic (exact) mass is 237 g/mol. The number of aromatic nitrogens is 2. The Balaban J connectivity index is 1.95. The third-order valence-electron chi connectivity index (χ3n) is 3.11. The lowest BCUT2D eigenvalue weighted by atomic mass is 10.1. The number of nitrogens with zero attached hydrogens (tertiary/aromatic N) is 1. The molecule has 0 spiro atoms. The van der Waals surface area contributed by atoms with E-state index in [9.17, 15) is 0 Å². The molecular weight excluding hydrogens is 222 g/mol. The number of hydrogen-bond donors (Lipinski definition) is 2. The molecule has 0 saturated heterocycles. The molecule has 0 aliphatic carbocycles. The van der Waals surface area contributed by atoms with Crippen molar-refractivity contribution in [2.24, 2.45) is 0 Å². The number of rotatable bonds is 2. The summed E-state index contributed by atoms with van der Waals surface area (Å²) < 4.78 is 0. The summed E-state index contributed by atoms with van der Waals surface area (Å²) in [6.45, 7) is 2.08. The van der Waals surface area contributed by atoms with Gasteiger partial charge >= 0.3 is 0 Å². The van der Waals surface area contributed by atoms with Gasteiger partial charge in [0.05, 0.1) is 11.0 Å². The van der Waals surface area contributed by atoms with Crippen molar-refractivity contribution in [3.8, 4) is 0 Å². The molecule has 3 rings (SSSR count). The first-order valence-electron chi connectivity index (χ1n) is 6.01. The van der Waals surface area contributed by atoms with Gasteiger partial charge in [0.2, 0.25) is 0 Å². The van der Waals surface area contributed by atoms with Gasteiger partial charge in [-0.1, -0.05) is 24.3 Å². The van der Waals surface area contributed by atoms with Crippen molar-refractivity contribution in [3.05, 3.63) is 59.4 Å². The van der Waals surface area contributed by atoms with Gasteiger partial charge in [-0.15, -0.1) is 0 Å². The van der Waals surface area contributed by atoms with Crippen LogP contribution in [-0.2, 0) is 6.42 Å². The average molecular weight is 237 g/mol. The number of anilines is 1. The zero-order chi connectivity index (χ0) is 12.5. The second-order valence-electron chi connectivity index (χ2n) is 4.57. The van der Waals surface area contributed by atoms with Crippen LogP contribution in [0, 0.1) is 6.92 Å². The maximum atomic E-state index is 5.68. The van der Waals surface area contributed by atoms with Gasteiger partial charge in [0.25, 0.3) is 0 Å². The van der Waals surface area contributed by atoms with Crippen LogP contribution < -0.4 is 5.73 Å². The van der Waals surface area contributed by atoms with Gasteiger partial charge in [-0.3, -0.25) is 0 Å². The van der Waals surface area contributed by atoms with E-state index in [0.717, 1.165) is 29.0 Å². The second-order valence-corrected chi connectivity index (χ2v) is 4.57. The molecule has 3 heteroatoms. The van der Waals surface area contributed by atoms with Gasteiger partial charge in [-0.05, 0) is 36.2 Å². The van der Waals surface area contributed by atoms with Crippen LogP contribution in [0.5, 0.6) is 0 Å². The van der Waals surface area contributed by atoms with Crippen LogP contribution in [0.15, 0.2) is 42.5 Å². The molecule has 0 bridgehead atoms. The molecule has 0 unspecified atom stereocenters. The van der Waals surface area contributed by atoms with Gasteiger partial charge in [0.15, 0.2) is 0 Å². The first-order valence-corrected chi connectivity index (χ1v) is 6.01. The van der Waals surface area contributed by atoms with E-state index in [-0.39, 0.29) is 0 Å². The second kappa shape index (κ2) is 4.18. The van der Waals surface area contributed by atoms with Crippen LogP contribution in [0.1, 0.15) is 17.0 Å². The summed E-state index contributed by atoms with van der Waals surface area (Å²) in [5, 5.41) is 0. The number of nitrogens with one attached hydrogen (secondary N) is 1. The standard InChI is InChI=1S/C15H15N3/c1-10-3-2-4-13-15(10)18-14(17-13)9-11-5-7-12(16)8-6-11/h2-8H,9,16H2,1H3,(H,17,18). The molecule has 0 atom stereocenters. The third-order valence-corrected chi connectivity index (χ3v) is 3.11. The summed E-state index contributed by atoms with van der Waals surface area (Å²) in [7, 11) is 0. The SMILES string of the molecule is Cc1cccc2[nH]c(Cc3ccc(N)cc3)nc12. The minimum Gasteiger partial charge on any atom is -0.399 e. The highest BCUT2D eigenvalue weighted by Gasteiger charge is 2.05. The largest absolute Gasteiger partial charge is 0.399 e. The fraction of sp³-hybridized carbons (Fsp3) is 0.133. The number of fused-ring (bicyclic) bond motifs is 1. The molecule has 18 heavy (non-hydrogen) atoms. The molecule has 1 aromatic heterocycles. The Bertz CT molecular complexity index is 681. The zero-order valence-electron chi connectivity index (χ0n) is 10.3. The molecule has 0 aliphatic rings. The minimum absolute atomic E-state index is 0.791. The van der Waals surface area contributed by atoms with Crippen molar-refractivity contribution in [3.63, 3.8) is 0 Å². The van der Waals surface area contributed by atoms with Gasteiger partial charge in [-0.2, -0.15) is 0 Å². The van der Waals surface area contributed by atoms with E-state index in [1.807, 2.05) is 30.3 Å². The summed E-state index contributed by atoms with van der Waals surface area (Å²) in [6.07, 6.45) is 0.800. The highest BCUT2D eigenvalue weighted by Crippen LogP contribution is 2.17. The number of para-hydroxylation sites is 1. The van der Waals surface area contributed by atoms with Crippen LogP contribution in [0.4, 0.5) is 5.69 Å². The summed E-state index contributed by atoms with van der Waals surface area (Å²) in [6, 6.07) is 14.1. The van der Waals surface area contributed by atoms with Crippen LogP contribution in [-0.4, -0.2) is 9.97 Å². The topological polar surface area (TPSA) is 54.7 Å². The first-order chi connectivity index (χ1) is 8.72. The first kappa shape index (κ1) is 10.8. The predicted octanol–water partition coefficient (Wildman–Crippen LogP) is 3.04. The quantitative estimate of drug-likeness (QED) is 0.673. The molecule has 90 valence electrons. The molecule has 1 heterocycles. The Morgan fingerprint density at radius 2 is 1.89 bits per heavy atom. The molecule has 2 aromatic carbocycles. The lowest BCUT2D eigenvalue weighted by Gasteiger charge is -1.98. The average Bonchev–Trinajstić information content (AvgIpc) is 2.76. The summed E-state index contributed by atoms with van der Waals surface area (Å²) in [5.74, 6) is 0.990. The van der Waals surface area contributed by atoms with E-state index < -0.39 is 0 Å². The third kappa shape index (κ3) is 1.95. The van der Waals surface area contributed by atoms with Crippen LogP contribution in [0.3, 0.4) is 0 Å². The number of hydrogen-bond acceptors (Lipinski definition) is 2. The highest BCUT2D eigenvalue weighted by atomic mass is 14.9. The molecule has 0 amide bonds. The van der Waals surface area contributed by atoms with Crippen LogP contribution in [0.2, 0.25) is 0 Å². The summed E-state index contributed by atoms with van der Waals surface area (Å²) >= 11 is 0. The van der Waals surface area contributed by atoms with E-state index in [1.54, 1.807) is 0 Å². The molecular formula is C15H15N3. The van der Waals surface area contributed by atoms with E-state index >= 15 is 0 Å². The van der Waals surface area contributed by atoms with Crippen molar-refractivity contribution in [1.29, 1.82) is 0 Å². The number of nitrogens with two attached hydrogens (primary N) is 1. The zero-order valence-corrected chi connectivity index (χ0v) is 10.3. The summed E-state index contributed by atoms with van der Waals surface area (Å²) in [4.78, 5) is 8.00. The van der Waals surface area contributed by atoms with Crippen LogP contribution in [0.25, 0.3) is 11.0 Å². The molecule has 3 N–H and O–H groups in total. The van der Waals surface area contributed by atoms with E-state index in [2.05, 4.69) is 29.0 Å². The molecule has 0 saturated carbocycles. The van der Waals surface area contributed by atoms with Crippen molar-refractivity contribution >= 4 is 16.7 Å². The van der Waals surface area contributed by atoms with Crippen LogP contribution >= 0.6 is 0 Å². The lowest BCUT2D eigenvalue weighted by Crippen LogP contribution is -1.91. The Morgan fingerprint density at radius 1 is 1.11 bits per heavy atom. The minimum atomic E-state index is 0.791. The fourth-order valence-corrected chi connectivity index (χ4v) is 2.14. The van der Waals surface area contributed by atoms with Crippen molar-refractivity contribution in [2.75, 3.05) is 5.73 Å². The Hall–Kier alpha value is -2.29. The van der Waals surface area contributed by atoms with E-state index in [1.165, 1.54) is 11.1 Å². The van der Waals surface area contributed by atoms with Gasteiger partial charge < -0.3 is 10.7 Å². The molecule has 3 aromatic rings. The Kier molecular flexibility index (Phi) is 2.52. The maximum Gasteiger partial charge on any atom is 0.111 e. The van der Waals surface area contributed by atoms with E-state index in [0.29, 0.717) is 0 Å². The maximum absolute atomic E-state index is 5.68. The van der Waals surface area contributed by atoms with E-state index in [4.69, 9.17) is 5.73 Å². The molecule has 0 aliphatic heterocycles. The predicted molar refractivity (Wildman–Crippen MR) is 74.5 cm³/mol. The Labute approximate surface area is 106 Å². The number of aryl methyl sites for hydroxylation is 1. The lowest BCUT2D eigenvalue weighted by molar-refractivity contribution is 1.04. The number of benzene rings is 2. The number of imidazole rings is 1. The normalized spacial score (nSPS) is 10.9.